The second-order valence-corrected chi connectivity index (χ2v) is 7.59. The van der Waals surface area contributed by atoms with Crippen molar-refractivity contribution in [2.75, 3.05) is 0 Å². The van der Waals surface area contributed by atoms with Gasteiger partial charge in [-0.3, -0.25) is 0 Å². The Labute approximate surface area is 166 Å². The fourth-order valence-corrected chi connectivity index (χ4v) is 3.56. The van der Waals surface area contributed by atoms with Crippen LogP contribution in [0.1, 0.15) is 61.3 Å². The number of hydrogen-bond acceptors (Lipinski definition) is 2. The SMILES string of the molecule is CCCCCCCc1ccc(COc2ccc3c(c2)COC(C(F)F)C3)cc1. The van der Waals surface area contributed by atoms with E-state index in [1.165, 1.54) is 37.7 Å². The van der Waals surface area contributed by atoms with Gasteiger partial charge in [0.05, 0.1) is 6.61 Å². The van der Waals surface area contributed by atoms with Crippen molar-refractivity contribution >= 4 is 0 Å². The summed E-state index contributed by atoms with van der Waals surface area (Å²) < 4.78 is 36.7. The third-order valence-electron chi connectivity index (χ3n) is 5.33. The molecule has 1 atom stereocenters. The minimum atomic E-state index is -2.44. The van der Waals surface area contributed by atoms with E-state index in [9.17, 15) is 8.78 Å². The Balaban J connectivity index is 1.47. The standard InChI is InChI=1S/C24H30F2O2/c1-2-3-4-5-6-7-18-8-10-19(11-9-18)16-27-22-13-12-20-15-23(24(25)26)28-17-21(20)14-22/h8-14,23-24H,2-7,15-17H2,1H3. The minimum Gasteiger partial charge on any atom is -0.489 e. The maximum absolute atomic E-state index is 12.8. The molecule has 0 radical (unpaired) electrons. The molecule has 0 N–H and O–H groups in total. The Hall–Kier alpha value is -1.94. The van der Waals surface area contributed by atoms with E-state index in [1.807, 2.05) is 18.2 Å². The van der Waals surface area contributed by atoms with E-state index in [0.717, 1.165) is 28.9 Å². The molecule has 1 aliphatic rings. The summed E-state index contributed by atoms with van der Waals surface area (Å²) in [6.07, 6.45) is 4.45. The molecule has 2 aromatic rings. The molecule has 0 aliphatic carbocycles. The summed E-state index contributed by atoms with van der Waals surface area (Å²) in [5.74, 6) is 0.748. The molecule has 0 amide bonds. The van der Waals surface area contributed by atoms with Crippen LogP contribution in [0, 0.1) is 0 Å². The topological polar surface area (TPSA) is 18.5 Å². The third kappa shape index (κ3) is 6.03. The highest BCUT2D eigenvalue weighted by molar-refractivity contribution is 5.37. The van der Waals surface area contributed by atoms with Crippen molar-refractivity contribution in [1.29, 1.82) is 0 Å². The fraction of sp³-hybridized carbons (Fsp3) is 0.500. The number of rotatable bonds is 10. The van der Waals surface area contributed by atoms with E-state index in [1.54, 1.807) is 0 Å². The second-order valence-electron chi connectivity index (χ2n) is 7.59. The van der Waals surface area contributed by atoms with Gasteiger partial charge < -0.3 is 9.47 Å². The molecule has 1 unspecified atom stereocenters. The van der Waals surface area contributed by atoms with Crippen molar-refractivity contribution < 1.29 is 18.3 Å². The average molecular weight is 388 g/mol. The van der Waals surface area contributed by atoms with Gasteiger partial charge in [-0.05, 0) is 47.2 Å². The molecule has 1 aliphatic heterocycles. The van der Waals surface area contributed by atoms with Gasteiger partial charge in [0.25, 0.3) is 6.43 Å². The van der Waals surface area contributed by atoms with Gasteiger partial charge in [-0.25, -0.2) is 8.78 Å². The summed E-state index contributed by atoms with van der Waals surface area (Å²) in [5, 5.41) is 0. The Bertz CT molecular complexity index is 728. The highest BCUT2D eigenvalue weighted by Crippen LogP contribution is 2.27. The molecule has 0 fully saturated rings. The van der Waals surface area contributed by atoms with Crippen LogP contribution in [0.25, 0.3) is 0 Å². The zero-order chi connectivity index (χ0) is 19.8. The Morgan fingerprint density at radius 2 is 1.71 bits per heavy atom. The molecule has 0 saturated carbocycles. The highest BCUT2D eigenvalue weighted by Gasteiger charge is 2.26. The molecule has 0 spiro atoms. The summed E-state index contributed by atoms with van der Waals surface area (Å²) in [6, 6.07) is 14.3. The first-order valence-electron chi connectivity index (χ1n) is 10.4. The molecular formula is C24H30F2O2. The van der Waals surface area contributed by atoms with Crippen LogP contribution < -0.4 is 4.74 Å². The van der Waals surface area contributed by atoms with Gasteiger partial charge in [0.1, 0.15) is 18.5 Å². The Kier molecular flexibility index (Phi) is 7.84. The minimum absolute atomic E-state index is 0.217. The number of ether oxygens (including phenoxy) is 2. The van der Waals surface area contributed by atoms with Crippen molar-refractivity contribution in [2.45, 2.75) is 77.6 Å². The van der Waals surface area contributed by atoms with Crippen molar-refractivity contribution in [3.63, 3.8) is 0 Å². The predicted octanol–water partition coefficient (Wildman–Crippen LogP) is 6.48. The van der Waals surface area contributed by atoms with Crippen LogP contribution in [-0.2, 0) is 30.8 Å². The molecular weight excluding hydrogens is 358 g/mol. The number of unbranched alkanes of at least 4 members (excludes halogenated alkanes) is 4. The lowest BCUT2D eigenvalue weighted by Gasteiger charge is -2.25. The molecule has 0 aromatic heterocycles. The molecule has 3 rings (SSSR count). The Morgan fingerprint density at radius 3 is 2.46 bits per heavy atom. The predicted molar refractivity (Wildman–Crippen MR) is 108 cm³/mol. The molecule has 0 saturated heterocycles. The maximum atomic E-state index is 12.8. The lowest BCUT2D eigenvalue weighted by Crippen LogP contribution is -2.29. The van der Waals surface area contributed by atoms with Gasteiger partial charge in [0.15, 0.2) is 0 Å². The van der Waals surface area contributed by atoms with E-state index in [-0.39, 0.29) is 13.0 Å². The van der Waals surface area contributed by atoms with Crippen molar-refractivity contribution in [2.24, 2.45) is 0 Å². The average Bonchev–Trinajstić information content (AvgIpc) is 2.72. The van der Waals surface area contributed by atoms with Crippen molar-refractivity contribution in [1.82, 2.24) is 0 Å². The fourth-order valence-electron chi connectivity index (χ4n) is 3.56. The van der Waals surface area contributed by atoms with Gasteiger partial charge in [-0.15, -0.1) is 0 Å². The van der Waals surface area contributed by atoms with Gasteiger partial charge >= 0.3 is 0 Å². The van der Waals surface area contributed by atoms with Crippen LogP contribution in [0.2, 0.25) is 0 Å². The first-order chi connectivity index (χ1) is 13.7. The number of fused-ring (bicyclic) bond motifs is 1. The molecule has 2 aromatic carbocycles. The van der Waals surface area contributed by atoms with Crippen molar-refractivity contribution in [3.05, 3.63) is 64.7 Å². The molecule has 28 heavy (non-hydrogen) atoms. The van der Waals surface area contributed by atoms with E-state index in [2.05, 4.69) is 31.2 Å². The Morgan fingerprint density at radius 1 is 0.964 bits per heavy atom. The molecule has 152 valence electrons. The summed E-state index contributed by atoms with van der Waals surface area (Å²) in [6.45, 7) is 2.95. The largest absolute Gasteiger partial charge is 0.489 e. The number of halogens is 2. The smallest absolute Gasteiger partial charge is 0.264 e. The second kappa shape index (κ2) is 10.6. The summed E-state index contributed by atoms with van der Waals surface area (Å²) in [5.41, 5.74) is 4.36. The van der Waals surface area contributed by atoms with Crippen LogP contribution in [0.5, 0.6) is 5.75 Å². The summed E-state index contributed by atoms with van der Waals surface area (Å²) in [4.78, 5) is 0. The van der Waals surface area contributed by atoms with E-state index in [0.29, 0.717) is 6.61 Å². The van der Waals surface area contributed by atoms with Gasteiger partial charge in [0.2, 0.25) is 0 Å². The molecule has 1 heterocycles. The highest BCUT2D eigenvalue weighted by atomic mass is 19.3. The van der Waals surface area contributed by atoms with Crippen molar-refractivity contribution in [3.8, 4) is 5.75 Å². The van der Waals surface area contributed by atoms with E-state index in [4.69, 9.17) is 9.47 Å². The van der Waals surface area contributed by atoms with Gasteiger partial charge in [-0.2, -0.15) is 0 Å². The van der Waals surface area contributed by atoms with Crippen LogP contribution >= 0.6 is 0 Å². The quantitative estimate of drug-likeness (QED) is 0.433. The van der Waals surface area contributed by atoms with Crippen LogP contribution in [0.15, 0.2) is 42.5 Å². The lowest BCUT2D eigenvalue weighted by atomic mass is 9.99. The lowest BCUT2D eigenvalue weighted by molar-refractivity contribution is -0.0703. The first kappa shape index (κ1) is 20.8. The van der Waals surface area contributed by atoms with Crippen LogP contribution in [0.3, 0.4) is 0 Å². The van der Waals surface area contributed by atoms with Crippen LogP contribution in [-0.4, -0.2) is 12.5 Å². The van der Waals surface area contributed by atoms with Gasteiger partial charge in [-0.1, -0.05) is 62.9 Å². The summed E-state index contributed by atoms with van der Waals surface area (Å²) >= 11 is 0. The number of alkyl halides is 2. The maximum Gasteiger partial charge on any atom is 0.264 e. The first-order valence-corrected chi connectivity index (χ1v) is 10.4. The van der Waals surface area contributed by atoms with E-state index >= 15 is 0 Å². The third-order valence-corrected chi connectivity index (χ3v) is 5.33. The van der Waals surface area contributed by atoms with Crippen LogP contribution in [0.4, 0.5) is 8.78 Å². The normalized spacial score (nSPS) is 16.2. The van der Waals surface area contributed by atoms with Gasteiger partial charge in [0, 0.05) is 6.42 Å². The monoisotopic (exact) mass is 388 g/mol. The zero-order valence-corrected chi connectivity index (χ0v) is 16.6. The molecule has 0 bridgehead atoms. The zero-order valence-electron chi connectivity index (χ0n) is 16.6. The number of hydrogen-bond donors (Lipinski definition) is 0. The molecule has 2 nitrogen and oxygen atoms in total. The number of benzene rings is 2. The number of aryl methyl sites for hydroxylation is 1. The molecule has 4 heteroatoms. The summed E-state index contributed by atoms with van der Waals surface area (Å²) in [7, 11) is 0. The van der Waals surface area contributed by atoms with E-state index < -0.39 is 12.5 Å².